The third-order valence-electron chi connectivity index (χ3n) is 11.3. The lowest BCUT2D eigenvalue weighted by Gasteiger charge is -2.38. The second kappa shape index (κ2) is 15.8. The zero-order valence-corrected chi connectivity index (χ0v) is 32.5. The molecule has 5 aromatic rings. The van der Waals surface area contributed by atoms with Crippen molar-refractivity contribution in [3.05, 3.63) is 124 Å². The predicted octanol–water partition coefficient (Wildman–Crippen LogP) is 8.27. The summed E-state index contributed by atoms with van der Waals surface area (Å²) < 4.78 is 44.5. The van der Waals surface area contributed by atoms with Crippen LogP contribution in [0.4, 0.5) is 0 Å². The van der Waals surface area contributed by atoms with Crippen LogP contribution in [0.25, 0.3) is 0 Å². The summed E-state index contributed by atoms with van der Waals surface area (Å²) in [5.74, 6) is 5.14. The molecule has 0 saturated heterocycles. The molecule has 0 radical (unpaired) electrons. The average molecular weight is 744 g/mol. The van der Waals surface area contributed by atoms with Crippen LogP contribution in [0.2, 0.25) is 0 Å². The van der Waals surface area contributed by atoms with Crippen molar-refractivity contribution in [2.75, 3.05) is 55.6 Å². The third-order valence-corrected chi connectivity index (χ3v) is 11.3. The maximum Gasteiger partial charge on any atom is 0.204 e. The number of aromatic nitrogens is 1. The van der Waals surface area contributed by atoms with Gasteiger partial charge in [0.2, 0.25) is 5.75 Å². The summed E-state index contributed by atoms with van der Waals surface area (Å²) in [5, 5.41) is 0. The van der Waals surface area contributed by atoms with Crippen LogP contribution < -0.4 is 28.4 Å². The highest BCUT2D eigenvalue weighted by atomic mass is 16.5. The first kappa shape index (κ1) is 36.7. The maximum absolute atomic E-state index is 7.21. The molecule has 286 valence electrons. The lowest BCUT2D eigenvalue weighted by molar-refractivity contribution is 0.103. The van der Waals surface area contributed by atoms with Crippen LogP contribution in [-0.2, 0) is 43.6 Å². The number of pyridine rings is 1. The van der Waals surface area contributed by atoms with Crippen molar-refractivity contribution in [1.29, 1.82) is 0 Å². The van der Waals surface area contributed by atoms with Crippen LogP contribution in [0.5, 0.6) is 46.0 Å². The van der Waals surface area contributed by atoms with Gasteiger partial charge in [-0.05, 0) is 116 Å². The van der Waals surface area contributed by atoms with Gasteiger partial charge < -0.3 is 33.2 Å². The molecule has 4 aromatic carbocycles. The Morgan fingerprint density at radius 3 is 2.18 bits per heavy atom. The van der Waals surface area contributed by atoms with Gasteiger partial charge in [-0.1, -0.05) is 24.3 Å². The molecule has 0 unspecified atom stereocenters. The molecule has 6 bridgehead atoms. The van der Waals surface area contributed by atoms with E-state index in [4.69, 9.17) is 33.2 Å². The molecule has 0 N–H and O–H groups in total. The fourth-order valence-corrected chi connectivity index (χ4v) is 8.41. The van der Waals surface area contributed by atoms with Gasteiger partial charge in [-0.3, -0.25) is 14.8 Å². The molecule has 0 fully saturated rings. The summed E-state index contributed by atoms with van der Waals surface area (Å²) >= 11 is 0. The molecule has 5 heterocycles. The standard InChI is InChI=1S/C45H49N3O7/c1-47-18-15-31-23-39(50-4)41-24-34(31)36(47)20-28-9-12-32(13-10-28)54-40-22-29(11-14-38(40)49-3)21-37-42-33(16-19-48(37)2)35(27-53-26-30-8-7-17-46-25-30)43(51-5)45(52-6)44(42)55-41/h7-14,17,22-25,36-37H,15-16,18-21,26-27H2,1-6H3/t36-,37-/m0/s1. The van der Waals surface area contributed by atoms with Gasteiger partial charge in [-0.2, -0.15) is 0 Å². The van der Waals surface area contributed by atoms with Crippen molar-refractivity contribution in [2.24, 2.45) is 0 Å². The van der Waals surface area contributed by atoms with Gasteiger partial charge in [0.1, 0.15) is 5.75 Å². The van der Waals surface area contributed by atoms with Crippen LogP contribution in [0, 0.1) is 0 Å². The van der Waals surface area contributed by atoms with E-state index in [1.165, 1.54) is 16.7 Å². The first-order chi connectivity index (χ1) is 26.9. The molecule has 0 saturated carbocycles. The zero-order valence-electron chi connectivity index (χ0n) is 32.5. The number of hydrogen-bond donors (Lipinski definition) is 0. The van der Waals surface area contributed by atoms with E-state index in [1.807, 2.05) is 36.5 Å². The number of rotatable bonds is 8. The van der Waals surface area contributed by atoms with Crippen molar-refractivity contribution in [3.63, 3.8) is 0 Å². The van der Waals surface area contributed by atoms with Crippen LogP contribution >= 0.6 is 0 Å². The molecule has 0 aliphatic carbocycles. The fraction of sp³-hybridized carbons (Fsp3) is 0.356. The molecule has 2 atom stereocenters. The highest BCUT2D eigenvalue weighted by Gasteiger charge is 2.37. The highest BCUT2D eigenvalue weighted by Crippen LogP contribution is 2.54. The van der Waals surface area contributed by atoms with Gasteiger partial charge in [0.15, 0.2) is 34.5 Å². The van der Waals surface area contributed by atoms with Gasteiger partial charge in [-0.15, -0.1) is 0 Å². The molecule has 55 heavy (non-hydrogen) atoms. The Balaban J connectivity index is 1.34. The second-order valence-corrected chi connectivity index (χ2v) is 14.6. The Kier molecular flexibility index (Phi) is 10.6. The first-order valence-electron chi connectivity index (χ1n) is 18.9. The van der Waals surface area contributed by atoms with E-state index in [2.05, 4.69) is 65.3 Å². The van der Waals surface area contributed by atoms with E-state index >= 15 is 0 Å². The van der Waals surface area contributed by atoms with Gasteiger partial charge in [0.25, 0.3) is 0 Å². The number of nitrogens with zero attached hydrogens (tertiary/aromatic N) is 3. The number of likely N-dealkylation sites (N-methyl/N-ethyl adjacent to an activating group) is 2. The minimum Gasteiger partial charge on any atom is -0.493 e. The number of hydrogen-bond acceptors (Lipinski definition) is 10. The van der Waals surface area contributed by atoms with E-state index in [1.54, 1.807) is 34.6 Å². The van der Waals surface area contributed by atoms with E-state index in [0.717, 1.165) is 65.9 Å². The van der Waals surface area contributed by atoms with Gasteiger partial charge >= 0.3 is 0 Å². The Morgan fingerprint density at radius 1 is 0.709 bits per heavy atom. The molecule has 10 heteroatoms. The lowest BCUT2D eigenvalue weighted by Crippen LogP contribution is -2.35. The molecule has 0 amide bonds. The monoisotopic (exact) mass is 743 g/mol. The second-order valence-electron chi connectivity index (χ2n) is 14.6. The summed E-state index contributed by atoms with van der Waals surface area (Å²) in [6, 6.07) is 22.9. The highest BCUT2D eigenvalue weighted by molar-refractivity contribution is 5.67. The Bertz CT molecular complexity index is 2160. The van der Waals surface area contributed by atoms with Crippen molar-refractivity contribution >= 4 is 0 Å². The van der Waals surface area contributed by atoms with Gasteiger partial charge in [-0.25, -0.2) is 0 Å². The minimum atomic E-state index is -0.0995. The molecule has 4 aliphatic rings. The Hall–Kier alpha value is -5.29. The summed E-state index contributed by atoms with van der Waals surface area (Å²) in [7, 11) is 11.1. The van der Waals surface area contributed by atoms with Crippen molar-refractivity contribution < 1.29 is 33.2 Å². The van der Waals surface area contributed by atoms with Crippen LogP contribution in [0.3, 0.4) is 0 Å². The average Bonchev–Trinajstić information content (AvgIpc) is 3.21. The first-order valence-corrected chi connectivity index (χ1v) is 18.9. The number of benzene rings is 4. The molecule has 4 aliphatic heterocycles. The van der Waals surface area contributed by atoms with E-state index in [0.29, 0.717) is 59.9 Å². The molecule has 0 spiro atoms. The van der Waals surface area contributed by atoms with E-state index < -0.39 is 0 Å². The molecule has 10 nitrogen and oxygen atoms in total. The van der Waals surface area contributed by atoms with Crippen LogP contribution in [0.15, 0.2) is 79.1 Å². The topological polar surface area (TPSA) is 84.0 Å². The number of fused-ring (bicyclic) bond motifs is 2. The lowest BCUT2D eigenvalue weighted by atomic mass is 9.84. The number of ether oxygens (including phenoxy) is 7. The van der Waals surface area contributed by atoms with E-state index in [-0.39, 0.29) is 12.1 Å². The molecule has 1 aromatic heterocycles. The summed E-state index contributed by atoms with van der Waals surface area (Å²) in [4.78, 5) is 9.08. The Morgan fingerprint density at radius 2 is 1.44 bits per heavy atom. The largest absolute Gasteiger partial charge is 0.493 e. The third kappa shape index (κ3) is 7.17. The zero-order chi connectivity index (χ0) is 38.1. The minimum absolute atomic E-state index is 0.0995. The SMILES string of the molecule is COc1ccc2cc1Oc1ccc(cc1)C[C@H]1c3cc(c(OC)cc3CCN1C)Oc1c(OC)c(OC)c(COCc3cccnc3)c3c1[C@H](C2)N(C)CC3. The van der Waals surface area contributed by atoms with Crippen molar-refractivity contribution in [2.45, 2.75) is 51.0 Å². The maximum atomic E-state index is 7.21. The van der Waals surface area contributed by atoms with Crippen LogP contribution in [-0.4, -0.2) is 70.4 Å². The molecular formula is C45H49N3O7. The molecular weight excluding hydrogens is 695 g/mol. The summed E-state index contributed by atoms with van der Waals surface area (Å²) in [5.41, 5.74) is 8.90. The van der Waals surface area contributed by atoms with Gasteiger partial charge in [0, 0.05) is 48.7 Å². The van der Waals surface area contributed by atoms with E-state index in [9.17, 15) is 0 Å². The summed E-state index contributed by atoms with van der Waals surface area (Å²) in [6.07, 6.45) is 6.76. The molecule has 9 rings (SSSR count). The van der Waals surface area contributed by atoms with Crippen molar-refractivity contribution in [3.8, 4) is 46.0 Å². The fourth-order valence-electron chi connectivity index (χ4n) is 8.41. The summed E-state index contributed by atoms with van der Waals surface area (Å²) in [6.45, 7) is 2.50. The quantitative estimate of drug-likeness (QED) is 0.155. The predicted molar refractivity (Wildman–Crippen MR) is 210 cm³/mol. The number of methoxy groups -OCH3 is 4. The van der Waals surface area contributed by atoms with Crippen molar-refractivity contribution in [1.82, 2.24) is 14.8 Å². The van der Waals surface area contributed by atoms with Crippen LogP contribution in [0.1, 0.15) is 56.6 Å². The smallest absolute Gasteiger partial charge is 0.204 e. The normalized spacial score (nSPS) is 17.9. The Labute approximate surface area is 323 Å². The van der Waals surface area contributed by atoms with Gasteiger partial charge in [0.05, 0.1) is 41.7 Å².